The van der Waals surface area contributed by atoms with E-state index in [4.69, 9.17) is 22.1 Å². The molecule has 0 saturated heterocycles. The van der Waals surface area contributed by atoms with Crippen LogP contribution in [0.3, 0.4) is 0 Å². The Balaban J connectivity index is 3.50. The lowest BCUT2D eigenvalue weighted by molar-refractivity contribution is 0.0981. The minimum absolute atomic E-state index is 0.0174. The molecule has 0 radical (unpaired) electrons. The number of nitrogens with two attached hydrogens (primary N) is 1. The summed E-state index contributed by atoms with van der Waals surface area (Å²) in [5, 5.41) is 0.597. The third kappa shape index (κ3) is 2.85. The monoisotopic (exact) mass is 269 g/mol. The first kappa shape index (κ1) is 15.0. The Morgan fingerprint density at radius 3 is 2.56 bits per heavy atom. The number of halogens is 1. The third-order valence-electron chi connectivity index (χ3n) is 2.98. The van der Waals surface area contributed by atoms with Gasteiger partial charge in [-0.1, -0.05) is 25.4 Å². The zero-order chi connectivity index (χ0) is 13.9. The van der Waals surface area contributed by atoms with Crippen molar-refractivity contribution in [1.29, 1.82) is 0 Å². The van der Waals surface area contributed by atoms with E-state index in [-0.39, 0.29) is 11.7 Å². The molecule has 0 aliphatic carbocycles. The number of ketones is 1. The molecule has 1 aromatic rings. The van der Waals surface area contributed by atoms with Crippen LogP contribution in [0.4, 0.5) is 0 Å². The van der Waals surface area contributed by atoms with Crippen molar-refractivity contribution in [2.45, 2.75) is 33.1 Å². The van der Waals surface area contributed by atoms with E-state index in [2.05, 4.69) is 0 Å². The van der Waals surface area contributed by atoms with E-state index < -0.39 is 0 Å². The third-order valence-corrected chi connectivity index (χ3v) is 3.37. The molecule has 0 spiro atoms. The molecule has 0 heterocycles. The van der Waals surface area contributed by atoms with Gasteiger partial charge >= 0.3 is 0 Å². The molecule has 100 valence electrons. The molecule has 0 amide bonds. The highest BCUT2D eigenvalue weighted by Crippen LogP contribution is 2.37. The molecule has 2 N–H and O–H groups in total. The zero-order valence-corrected chi connectivity index (χ0v) is 12.1. The van der Waals surface area contributed by atoms with E-state index in [1.54, 1.807) is 7.11 Å². The summed E-state index contributed by atoms with van der Waals surface area (Å²) in [6.45, 7) is 6.24. The molecule has 0 fully saturated rings. The fourth-order valence-corrected chi connectivity index (χ4v) is 2.20. The number of carbonyl (C=O) groups is 1. The fourth-order valence-electron chi connectivity index (χ4n) is 1.98. The molecule has 3 nitrogen and oxygen atoms in total. The van der Waals surface area contributed by atoms with Crippen LogP contribution in [-0.2, 0) is 0 Å². The Labute approximate surface area is 113 Å². The number of hydrogen-bond acceptors (Lipinski definition) is 3. The van der Waals surface area contributed by atoms with Crippen molar-refractivity contribution in [3.05, 3.63) is 27.8 Å². The van der Waals surface area contributed by atoms with Crippen LogP contribution < -0.4 is 10.5 Å². The zero-order valence-electron chi connectivity index (χ0n) is 11.3. The van der Waals surface area contributed by atoms with Crippen LogP contribution in [0.2, 0.25) is 5.02 Å². The highest BCUT2D eigenvalue weighted by atomic mass is 35.5. The lowest BCUT2D eigenvalue weighted by atomic mass is 9.93. The van der Waals surface area contributed by atoms with Crippen LogP contribution in [0.15, 0.2) is 6.07 Å². The van der Waals surface area contributed by atoms with E-state index in [1.165, 1.54) is 0 Å². The van der Waals surface area contributed by atoms with Gasteiger partial charge in [-0.05, 0) is 36.6 Å². The molecule has 0 atom stereocenters. The number of hydrogen-bond donors (Lipinski definition) is 1. The van der Waals surface area contributed by atoms with E-state index in [9.17, 15) is 4.79 Å². The van der Waals surface area contributed by atoms with E-state index >= 15 is 0 Å². The maximum absolute atomic E-state index is 12.2. The molecule has 1 rings (SSSR count). The number of ether oxygens (including phenoxy) is 1. The fraction of sp³-hybridized carbons (Fsp3) is 0.500. The molecular weight excluding hydrogens is 250 g/mol. The van der Waals surface area contributed by atoms with Crippen molar-refractivity contribution in [2.75, 3.05) is 13.7 Å². The highest BCUT2D eigenvalue weighted by molar-refractivity contribution is 6.32. The maximum Gasteiger partial charge on any atom is 0.168 e. The second kappa shape index (κ2) is 6.21. The Bertz CT molecular complexity index is 456. The summed E-state index contributed by atoms with van der Waals surface area (Å²) in [5.41, 5.74) is 7.73. The molecule has 18 heavy (non-hydrogen) atoms. The van der Waals surface area contributed by atoms with E-state index in [0.29, 0.717) is 29.3 Å². The van der Waals surface area contributed by atoms with Gasteiger partial charge in [0.2, 0.25) is 0 Å². The largest absolute Gasteiger partial charge is 0.496 e. The van der Waals surface area contributed by atoms with Crippen LogP contribution in [0, 0.1) is 6.92 Å². The van der Waals surface area contributed by atoms with Crippen molar-refractivity contribution in [3.63, 3.8) is 0 Å². The summed E-state index contributed by atoms with van der Waals surface area (Å²) in [4.78, 5) is 12.2. The van der Waals surface area contributed by atoms with Crippen molar-refractivity contribution in [2.24, 2.45) is 5.73 Å². The molecule has 0 unspecified atom stereocenters. The van der Waals surface area contributed by atoms with Crippen molar-refractivity contribution in [3.8, 4) is 5.75 Å². The molecule has 0 saturated carbocycles. The normalized spacial score (nSPS) is 10.8. The predicted molar refractivity (Wildman–Crippen MR) is 74.8 cm³/mol. The van der Waals surface area contributed by atoms with Crippen LogP contribution in [-0.4, -0.2) is 19.4 Å². The van der Waals surface area contributed by atoms with Crippen LogP contribution >= 0.6 is 11.6 Å². The molecule has 0 aromatic heterocycles. The van der Waals surface area contributed by atoms with Crippen LogP contribution in [0.25, 0.3) is 0 Å². The Morgan fingerprint density at radius 2 is 2.11 bits per heavy atom. The van der Waals surface area contributed by atoms with E-state index in [1.807, 2.05) is 26.8 Å². The molecule has 0 bridgehead atoms. The van der Waals surface area contributed by atoms with Gasteiger partial charge in [-0.2, -0.15) is 0 Å². The SMILES string of the molecule is COc1c(C(C)C)cc(Cl)c(C)c1C(=O)CCN. The summed E-state index contributed by atoms with van der Waals surface area (Å²) in [7, 11) is 1.58. The summed E-state index contributed by atoms with van der Waals surface area (Å²) in [6.07, 6.45) is 0.301. The van der Waals surface area contributed by atoms with E-state index in [0.717, 1.165) is 11.1 Å². The van der Waals surface area contributed by atoms with Gasteiger partial charge < -0.3 is 10.5 Å². The van der Waals surface area contributed by atoms with Crippen LogP contribution in [0.5, 0.6) is 5.75 Å². The van der Waals surface area contributed by atoms with Gasteiger partial charge in [0.15, 0.2) is 5.78 Å². The summed E-state index contributed by atoms with van der Waals surface area (Å²) >= 11 is 6.20. The maximum atomic E-state index is 12.2. The van der Waals surface area contributed by atoms with Gasteiger partial charge in [0.05, 0.1) is 12.7 Å². The molecule has 4 heteroatoms. The van der Waals surface area contributed by atoms with Gasteiger partial charge in [-0.25, -0.2) is 0 Å². The minimum atomic E-state index is -0.0174. The number of rotatable bonds is 5. The summed E-state index contributed by atoms with van der Waals surface area (Å²) in [6, 6.07) is 1.87. The van der Waals surface area contributed by atoms with Gasteiger partial charge in [-0.3, -0.25) is 4.79 Å². The van der Waals surface area contributed by atoms with Crippen molar-refractivity contribution >= 4 is 17.4 Å². The average molecular weight is 270 g/mol. The lowest BCUT2D eigenvalue weighted by Crippen LogP contribution is -2.12. The molecule has 0 aliphatic rings. The minimum Gasteiger partial charge on any atom is -0.496 e. The Morgan fingerprint density at radius 1 is 1.50 bits per heavy atom. The first-order valence-electron chi connectivity index (χ1n) is 6.04. The van der Waals surface area contributed by atoms with Crippen molar-refractivity contribution < 1.29 is 9.53 Å². The van der Waals surface area contributed by atoms with Gasteiger partial charge in [-0.15, -0.1) is 0 Å². The van der Waals surface area contributed by atoms with Gasteiger partial charge in [0.25, 0.3) is 0 Å². The second-order valence-corrected chi connectivity index (χ2v) is 5.00. The first-order valence-corrected chi connectivity index (χ1v) is 6.42. The quantitative estimate of drug-likeness (QED) is 0.835. The standard InChI is InChI=1S/C14H20ClNO2/c1-8(2)10-7-11(15)9(3)13(14(10)18-4)12(17)5-6-16/h7-8H,5-6,16H2,1-4H3. The number of methoxy groups -OCH3 is 1. The summed E-state index contributed by atoms with van der Waals surface area (Å²) < 4.78 is 5.42. The van der Waals surface area contributed by atoms with Crippen LogP contribution in [0.1, 0.15) is 47.7 Å². The average Bonchev–Trinajstić information content (AvgIpc) is 2.31. The van der Waals surface area contributed by atoms with Crippen molar-refractivity contribution in [1.82, 2.24) is 0 Å². The predicted octanol–water partition coefficient (Wildman–Crippen LogP) is 3.31. The number of carbonyl (C=O) groups excluding carboxylic acids is 1. The topological polar surface area (TPSA) is 52.3 Å². The Hall–Kier alpha value is -1.06. The second-order valence-electron chi connectivity index (χ2n) is 4.60. The van der Waals surface area contributed by atoms with Gasteiger partial charge in [0.1, 0.15) is 5.75 Å². The first-order chi connectivity index (χ1) is 8.43. The molecular formula is C14H20ClNO2. The number of benzene rings is 1. The molecule has 1 aromatic carbocycles. The Kier molecular flexibility index (Phi) is 5.17. The highest BCUT2D eigenvalue weighted by Gasteiger charge is 2.21. The van der Waals surface area contributed by atoms with Gasteiger partial charge in [0, 0.05) is 11.4 Å². The summed E-state index contributed by atoms with van der Waals surface area (Å²) in [5.74, 6) is 0.851. The number of Topliss-reactive ketones (excluding diaryl/α,β-unsaturated/α-hetero) is 1. The molecule has 0 aliphatic heterocycles. The smallest absolute Gasteiger partial charge is 0.168 e. The lowest BCUT2D eigenvalue weighted by Gasteiger charge is -2.18.